The highest BCUT2D eigenvalue weighted by Crippen LogP contribution is 2.34. The van der Waals surface area contributed by atoms with E-state index < -0.39 is 0 Å². The Balaban J connectivity index is 1.55. The molecule has 1 unspecified atom stereocenters. The van der Waals surface area contributed by atoms with Gasteiger partial charge < -0.3 is 4.57 Å². The van der Waals surface area contributed by atoms with Crippen LogP contribution in [0.4, 0.5) is 0 Å². The fourth-order valence-corrected chi connectivity index (χ4v) is 3.74. The number of likely N-dealkylation sites (tertiary alicyclic amines) is 1. The number of hydrogen-bond donors (Lipinski definition) is 0. The van der Waals surface area contributed by atoms with Crippen molar-refractivity contribution in [3.8, 4) is 0 Å². The molecule has 2 aromatic rings. The summed E-state index contributed by atoms with van der Waals surface area (Å²) < 4.78 is 4.22. The Labute approximate surface area is 137 Å². The van der Waals surface area contributed by atoms with Crippen molar-refractivity contribution in [2.24, 2.45) is 13.0 Å². The number of nitrogens with zero attached hydrogens (tertiary/aromatic N) is 6. The molecule has 0 aromatic carbocycles. The zero-order valence-corrected chi connectivity index (χ0v) is 14.1. The summed E-state index contributed by atoms with van der Waals surface area (Å²) in [6.45, 7) is 5.29. The summed E-state index contributed by atoms with van der Waals surface area (Å²) in [5, 5.41) is 13.2. The van der Waals surface area contributed by atoms with Crippen molar-refractivity contribution in [3.05, 3.63) is 29.6 Å². The van der Waals surface area contributed by atoms with Crippen LogP contribution in [-0.4, -0.2) is 36.0 Å². The van der Waals surface area contributed by atoms with Gasteiger partial charge in [0.25, 0.3) is 0 Å². The Morgan fingerprint density at radius 1 is 1.22 bits per heavy atom. The second kappa shape index (κ2) is 6.07. The van der Waals surface area contributed by atoms with Gasteiger partial charge in [-0.3, -0.25) is 9.58 Å². The van der Waals surface area contributed by atoms with E-state index in [0.29, 0.717) is 6.04 Å². The minimum Gasteiger partial charge on any atom is -0.316 e. The molecule has 0 spiro atoms. The highest BCUT2D eigenvalue weighted by Gasteiger charge is 2.30. The van der Waals surface area contributed by atoms with Crippen molar-refractivity contribution in [2.75, 3.05) is 6.54 Å². The molecular weight excluding hydrogens is 288 g/mol. The zero-order valence-electron chi connectivity index (χ0n) is 14.1. The fourth-order valence-electron chi connectivity index (χ4n) is 3.74. The maximum atomic E-state index is 4.49. The number of piperidine rings is 1. The van der Waals surface area contributed by atoms with Crippen LogP contribution in [0.2, 0.25) is 0 Å². The summed E-state index contributed by atoms with van der Waals surface area (Å²) in [5.74, 6) is 2.01. The lowest BCUT2D eigenvalue weighted by Gasteiger charge is -2.35. The SMILES string of the molecule is Cc1nn(C)cc1CN1CCCCC1c1nncn1CC1CC1. The van der Waals surface area contributed by atoms with Crippen LogP contribution < -0.4 is 0 Å². The molecule has 0 radical (unpaired) electrons. The summed E-state index contributed by atoms with van der Waals surface area (Å²) in [7, 11) is 2.00. The first-order valence-electron chi connectivity index (χ1n) is 8.81. The highest BCUT2D eigenvalue weighted by molar-refractivity contribution is 5.16. The van der Waals surface area contributed by atoms with Gasteiger partial charge >= 0.3 is 0 Å². The fraction of sp³-hybridized carbons (Fsp3) is 0.706. The van der Waals surface area contributed by atoms with Gasteiger partial charge in [0.1, 0.15) is 12.2 Å². The van der Waals surface area contributed by atoms with E-state index >= 15 is 0 Å². The smallest absolute Gasteiger partial charge is 0.150 e. The highest BCUT2D eigenvalue weighted by atomic mass is 15.3. The maximum absolute atomic E-state index is 4.49. The van der Waals surface area contributed by atoms with Crippen LogP contribution in [-0.2, 0) is 20.1 Å². The van der Waals surface area contributed by atoms with Gasteiger partial charge in [-0.05, 0) is 45.1 Å². The molecule has 0 amide bonds. The van der Waals surface area contributed by atoms with Crippen LogP contribution in [0.1, 0.15) is 55.2 Å². The van der Waals surface area contributed by atoms with Gasteiger partial charge in [-0.2, -0.15) is 5.10 Å². The Morgan fingerprint density at radius 3 is 2.83 bits per heavy atom. The van der Waals surface area contributed by atoms with Gasteiger partial charge in [0.05, 0.1) is 11.7 Å². The van der Waals surface area contributed by atoms with Crippen molar-refractivity contribution >= 4 is 0 Å². The van der Waals surface area contributed by atoms with Gasteiger partial charge in [0, 0.05) is 31.9 Å². The van der Waals surface area contributed by atoms with Gasteiger partial charge in [0.15, 0.2) is 0 Å². The molecule has 0 bridgehead atoms. The molecule has 1 atom stereocenters. The van der Waals surface area contributed by atoms with Crippen molar-refractivity contribution in [2.45, 2.75) is 58.2 Å². The Bertz CT molecular complexity index is 668. The first-order valence-corrected chi connectivity index (χ1v) is 8.81. The third kappa shape index (κ3) is 3.17. The normalized spacial score (nSPS) is 22.6. The molecule has 124 valence electrons. The van der Waals surface area contributed by atoms with E-state index in [1.54, 1.807) is 0 Å². The van der Waals surface area contributed by atoms with E-state index in [1.165, 1.54) is 37.7 Å². The molecule has 2 fully saturated rings. The first-order chi connectivity index (χ1) is 11.2. The molecule has 1 saturated heterocycles. The topological polar surface area (TPSA) is 51.8 Å². The Kier molecular flexibility index (Phi) is 3.93. The second-order valence-corrected chi connectivity index (χ2v) is 7.18. The van der Waals surface area contributed by atoms with Crippen molar-refractivity contribution < 1.29 is 0 Å². The summed E-state index contributed by atoms with van der Waals surface area (Å²) in [6, 6.07) is 0.393. The summed E-state index contributed by atoms with van der Waals surface area (Å²) in [6.07, 6.45) is 10.5. The maximum Gasteiger partial charge on any atom is 0.150 e. The molecule has 1 saturated carbocycles. The average molecular weight is 314 g/mol. The van der Waals surface area contributed by atoms with Gasteiger partial charge in [-0.1, -0.05) is 6.42 Å². The van der Waals surface area contributed by atoms with Crippen LogP contribution in [0, 0.1) is 12.8 Å². The summed E-state index contributed by atoms with van der Waals surface area (Å²) >= 11 is 0. The number of hydrogen-bond acceptors (Lipinski definition) is 4. The minimum absolute atomic E-state index is 0.393. The van der Waals surface area contributed by atoms with Gasteiger partial charge in [0.2, 0.25) is 0 Å². The lowest BCUT2D eigenvalue weighted by Crippen LogP contribution is -2.34. The molecule has 23 heavy (non-hydrogen) atoms. The average Bonchev–Trinajstić information content (AvgIpc) is 3.13. The van der Waals surface area contributed by atoms with Crippen LogP contribution in [0.15, 0.2) is 12.5 Å². The quantitative estimate of drug-likeness (QED) is 0.850. The molecule has 3 heterocycles. The van der Waals surface area contributed by atoms with Crippen LogP contribution in [0.3, 0.4) is 0 Å². The predicted octanol–water partition coefficient (Wildman–Crippen LogP) is 2.46. The molecule has 1 aliphatic carbocycles. The first kappa shape index (κ1) is 14.9. The number of aromatic nitrogens is 5. The Hall–Kier alpha value is -1.69. The van der Waals surface area contributed by atoms with Crippen molar-refractivity contribution in [3.63, 3.8) is 0 Å². The van der Waals surface area contributed by atoms with E-state index in [4.69, 9.17) is 0 Å². The third-order valence-corrected chi connectivity index (χ3v) is 5.20. The predicted molar refractivity (Wildman–Crippen MR) is 87.7 cm³/mol. The molecule has 4 rings (SSSR count). The molecular formula is C17H26N6. The lowest BCUT2D eigenvalue weighted by molar-refractivity contribution is 0.130. The van der Waals surface area contributed by atoms with E-state index in [1.807, 2.05) is 18.1 Å². The van der Waals surface area contributed by atoms with Crippen LogP contribution in [0.25, 0.3) is 0 Å². The lowest BCUT2D eigenvalue weighted by atomic mass is 10.0. The van der Waals surface area contributed by atoms with Crippen molar-refractivity contribution in [1.29, 1.82) is 0 Å². The zero-order chi connectivity index (χ0) is 15.8. The standard InChI is InChI=1S/C17H26N6/c1-13-15(10-21(2)20-13)11-22-8-4-3-5-16(22)17-19-18-12-23(17)9-14-6-7-14/h10,12,14,16H,3-9,11H2,1-2H3. The number of rotatable bonds is 5. The third-order valence-electron chi connectivity index (χ3n) is 5.20. The van der Waals surface area contributed by atoms with E-state index in [0.717, 1.165) is 37.1 Å². The molecule has 2 aliphatic rings. The second-order valence-electron chi connectivity index (χ2n) is 7.18. The minimum atomic E-state index is 0.393. The molecule has 2 aromatic heterocycles. The molecule has 1 aliphatic heterocycles. The largest absolute Gasteiger partial charge is 0.316 e. The molecule has 6 heteroatoms. The van der Waals surface area contributed by atoms with Gasteiger partial charge in [-0.25, -0.2) is 0 Å². The number of aryl methyl sites for hydroxylation is 2. The summed E-state index contributed by atoms with van der Waals surface area (Å²) in [4.78, 5) is 2.57. The molecule has 6 nitrogen and oxygen atoms in total. The Morgan fingerprint density at radius 2 is 2.09 bits per heavy atom. The van der Waals surface area contributed by atoms with E-state index in [-0.39, 0.29) is 0 Å². The summed E-state index contributed by atoms with van der Waals surface area (Å²) in [5.41, 5.74) is 2.46. The monoisotopic (exact) mass is 314 g/mol. The van der Waals surface area contributed by atoms with Crippen LogP contribution >= 0.6 is 0 Å². The van der Waals surface area contributed by atoms with Crippen molar-refractivity contribution in [1.82, 2.24) is 29.4 Å². The van der Waals surface area contributed by atoms with Gasteiger partial charge in [-0.15, -0.1) is 10.2 Å². The molecule has 0 N–H and O–H groups in total. The van der Waals surface area contributed by atoms with E-state index in [9.17, 15) is 0 Å². The van der Waals surface area contributed by atoms with Crippen LogP contribution in [0.5, 0.6) is 0 Å². The van der Waals surface area contributed by atoms with E-state index in [2.05, 4.69) is 37.9 Å².